The number of nitrogens with one attached hydrogen (secondary N) is 1. The minimum absolute atomic E-state index is 0.157. The fourth-order valence-electron chi connectivity index (χ4n) is 2.42. The lowest BCUT2D eigenvalue weighted by Crippen LogP contribution is -2.48. The van der Waals surface area contributed by atoms with Crippen LogP contribution in [0.25, 0.3) is 0 Å². The Bertz CT molecular complexity index is 873. The molecular weight excluding hydrogens is 395 g/mol. The van der Waals surface area contributed by atoms with Crippen molar-refractivity contribution in [3.8, 4) is 5.75 Å². The number of nitrogens with zero attached hydrogens (tertiary/aromatic N) is 1. The molecule has 27 heavy (non-hydrogen) atoms. The van der Waals surface area contributed by atoms with Crippen LogP contribution in [0.1, 0.15) is 6.92 Å². The fourth-order valence-corrected chi connectivity index (χ4v) is 3.72. The van der Waals surface area contributed by atoms with E-state index in [1.807, 2.05) is 0 Å². The van der Waals surface area contributed by atoms with Crippen LogP contribution in [0.2, 0.25) is 5.02 Å². The van der Waals surface area contributed by atoms with Gasteiger partial charge in [-0.2, -0.15) is 0 Å². The molecule has 2 aromatic carbocycles. The van der Waals surface area contributed by atoms with E-state index in [9.17, 15) is 17.6 Å². The maximum atomic E-state index is 12.8. The fraction of sp³-hybridized carbons (Fsp3) is 0.278. The molecule has 0 saturated carbocycles. The Morgan fingerprint density at radius 2 is 1.78 bits per heavy atom. The summed E-state index contributed by atoms with van der Waals surface area (Å²) in [6.07, 6.45) is 1.03. The Morgan fingerprint density at radius 3 is 2.33 bits per heavy atom. The summed E-state index contributed by atoms with van der Waals surface area (Å²) >= 11 is 5.83. The zero-order valence-electron chi connectivity index (χ0n) is 14.9. The van der Waals surface area contributed by atoms with Crippen LogP contribution in [0.5, 0.6) is 5.75 Å². The average molecular weight is 415 g/mol. The highest BCUT2D eigenvalue weighted by atomic mass is 35.5. The lowest BCUT2D eigenvalue weighted by atomic mass is 10.2. The quantitative estimate of drug-likeness (QED) is 0.674. The zero-order chi connectivity index (χ0) is 20.0. The largest absolute Gasteiger partial charge is 0.492 e. The molecule has 1 atom stereocenters. The lowest BCUT2D eigenvalue weighted by Gasteiger charge is -2.28. The molecule has 9 heteroatoms. The van der Waals surface area contributed by atoms with Gasteiger partial charge in [0.1, 0.15) is 24.2 Å². The van der Waals surface area contributed by atoms with E-state index in [1.165, 1.54) is 43.3 Å². The van der Waals surface area contributed by atoms with Gasteiger partial charge in [0.15, 0.2) is 0 Å². The highest BCUT2D eigenvalue weighted by molar-refractivity contribution is 7.92. The van der Waals surface area contributed by atoms with Crippen molar-refractivity contribution in [2.45, 2.75) is 13.0 Å². The first kappa shape index (κ1) is 21.0. The third-order valence-electron chi connectivity index (χ3n) is 3.65. The van der Waals surface area contributed by atoms with Crippen LogP contribution < -0.4 is 14.4 Å². The van der Waals surface area contributed by atoms with Crippen LogP contribution in [-0.2, 0) is 14.8 Å². The Kier molecular flexibility index (Phi) is 7.04. The van der Waals surface area contributed by atoms with Gasteiger partial charge in [-0.25, -0.2) is 12.8 Å². The summed E-state index contributed by atoms with van der Waals surface area (Å²) in [7, 11) is -3.69. The van der Waals surface area contributed by atoms with E-state index < -0.39 is 22.0 Å². The van der Waals surface area contributed by atoms with E-state index >= 15 is 0 Å². The Balaban J connectivity index is 1.96. The Morgan fingerprint density at radius 1 is 1.19 bits per heavy atom. The van der Waals surface area contributed by atoms with Gasteiger partial charge in [0, 0.05) is 5.02 Å². The molecule has 2 aromatic rings. The highest BCUT2D eigenvalue weighted by Gasteiger charge is 2.28. The summed E-state index contributed by atoms with van der Waals surface area (Å²) in [5.41, 5.74) is 0.340. The smallest absolute Gasteiger partial charge is 0.243 e. The molecule has 0 aromatic heterocycles. The third kappa shape index (κ3) is 6.11. The van der Waals surface area contributed by atoms with E-state index in [1.54, 1.807) is 12.1 Å². The number of anilines is 1. The minimum atomic E-state index is -3.69. The summed E-state index contributed by atoms with van der Waals surface area (Å²) in [5, 5.41) is 3.09. The van der Waals surface area contributed by atoms with Gasteiger partial charge in [-0.3, -0.25) is 9.10 Å². The van der Waals surface area contributed by atoms with Gasteiger partial charge in [0.2, 0.25) is 15.9 Å². The summed E-state index contributed by atoms with van der Waals surface area (Å²) in [4.78, 5) is 12.4. The van der Waals surface area contributed by atoms with E-state index in [-0.39, 0.29) is 19.0 Å². The summed E-state index contributed by atoms with van der Waals surface area (Å²) in [5.74, 6) is -0.372. The number of amides is 1. The van der Waals surface area contributed by atoms with E-state index in [0.29, 0.717) is 16.5 Å². The number of hydrogen-bond acceptors (Lipinski definition) is 4. The van der Waals surface area contributed by atoms with Gasteiger partial charge in [-0.05, 0) is 55.5 Å². The third-order valence-corrected chi connectivity index (χ3v) is 5.15. The van der Waals surface area contributed by atoms with Crippen molar-refractivity contribution < 1.29 is 22.3 Å². The molecule has 0 spiro atoms. The van der Waals surface area contributed by atoms with Gasteiger partial charge in [-0.15, -0.1) is 0 Å². The summed E-state index contributed by atoms with van der Waals surface area (Å²) < 4.78 is 43.6. The number of rotatable bonds is 8. The first-order valence-electron chi connectivity index (χ1n) is 8.09. The maximum absolute atomic E-state index is 12.8. The van der Waals surface area contributed by atoms with Gasteiger partial charge < -0.3 is 10.1 Å². The van der Waals surface area contributed by atoms with Crippen LogP contribution in [0, 0.1) is 5.82 Å². The average Bonchev–Trinajstić information content (AvgIpc) is 2.60. The predicted molar refractivity (Wildman–Crippen MR) is 103 cm³/mol. The molecule has 1 amide bonds. The van der Waals surface area contributed by atoms with Crippen molar-refractivity contribution in [3.05, 3.63) is 59.4 Å². The monoisotopic (exact) mass is 414 g/mol. The first-order chi connectivity index (χ1) is 12.7. The van der Waals surface area contributed by atoms with E-state index in [4.69, 9.17) is 16.3 Å². The number of carbonyl (C=O) groups excluding carboxylic acids is 1. The molecule has 2 rings (SSSR count). The van der Waals surface area contributed by atoms with Crippen molar-refractivity contribution in [1.29, 1.82) is 0 Å². The molecule has 0 fully saturated rings. The number of ether oxygens (including phenoxy) is 1. The second-order valence-electron chi connectivity index (χ2n) is 5.80. The standard InChI is InChI=1S/C18H20ClFN2O4S/c1-13(22(27(2,24)25)16-7-3-14(19)4-8-16)18(23)21-11-12-26-17-9-5-15(20)6-10-17/h3-10,13H,11-12H2,1-2H3,(H,21,23). The zero-order valence-corrected chi connectivity index (χ0v) is 16.4. The second kappa shape index (κ2) is 9.05. The SMILES string of the molecule is CC(C(=O)NCCOc1ccc(F)cc1)N(c1ccc(Cl)cc1)S(C)(=O)=O. The van der Waals surface area contributed by atoms with Crippen LogP contribution in [0.4, 0.5) is 10.1 Å². The van der Waals surface area contributed by atoms with Crippen molar-refractivity contribution >= 4 is 33.2 Å². The molecule has 0 bridgehead atoms. The lowest BCUT2D eigenvalue weighted by molar-refractivity contribution is -0.121. The molecule has 1 unspecified atom stereocenters. The van der Waals surface area contributed by atoms with Crippen LogP contribution in [0.3, 0.4) is 0 Å². The second-order valence-corrected chi connectivity index (χ2v) is 8.10. The normalized spacial score (nSPS) is 12.3. The van der Waals surface area contributed by atoms with Crippen LogP contribution in [0.15, 0.2) is 48.5 Å². The molecule has 6 nitrogen and oxygen atoms in total. The number of benzene rings is 2. The van der Waals surface area contributed by atoms with Crippen LogP contribution in [-0.4, -0.2) is 39.8 Å². The first-order valence-corrected chi connectivity index (χ1v) is 10.3. The molecule has 0 radical (unpaired) electrons. The van der Waals surface area contributed by atoms with Gasteiger partial charge in [0.05, 0.1) is 18.5 Å². The predicted octanol–water partition coefficient (Wildman–Crippen LogP) is 2.83. The molecule has 1 N–H and O–H groups in total. The molecule has 0 saturated heterocycles. The number of halogens is 2. The summed E-state index contributed by atoms with van der Waals surface area (Å²) in [6.45, 7) is 1.81. The minimum Gasteiger partial charge on any atom is -0.492 e. The molecule has 0 aliphatic rings. The van der Waals surface area contributed by atoms with Crippen molar-refractivity contribution in [3.63, 3.8) is 0 Å². The maximum Gasteiger partial charge on any atom is 0.243 e. The molecular formula is C18H20ClFN2O4S. The van der Waals surface area contributed by atoms with Crippen LogP contribution >= 0.6 is 11.6 Å². The van der Waals surface area contributed by atoms with E-state index in [0.717, 1.165) is 10.6 Å². The number of carbonyl (C=O) groups is 1. The Labute approximate surface area is 162 Å². The molecule has 0 heterocycles. The van der Waals surface area contributed by atoms with E-state index in [2.05, 4.69) is 5.32 Å². The highest BCUT2D eigenvalue weighted by Crippen LogP contribution is 2.23. The molecule has 146 valence electrons. The van der Waals surface area contributed by atoms with Crippen molar-refractivity contribution in [1.82, 2.24) is 5.32 Å². The Hall–Kier alpha value is -2.32. The van der Waals surface area contributed by atoms with Gasteiger partial charge in [-0.1, -0.05) is 11.6 Å². The van der Waals surface area contributed by atoms with Gasteiger partial charge >= 0.3 is 0 Å². The summed E-state index contributed by atoms with van der Waals surface area (Å²) in [6, 6.07) is 10.7. The topological polar surface area (TPSA) is 75.7 Å². The number of sulfonamides is 1. The van der Waals surface area contributed by atoms with Crippen molar-refractivity contribution in [2.75, 3.05) is 23.7 Å². The number of hydrogen-bond donors (Lipinski definition) is 1. The molecule has 0 aliphatic carbocycles. The van der Waals surface area contributed by atoms with Crippen molar-refractivity contribution in [2.24, 2.45) is 0 Å². The molecule has 0 aliphatic heterocycles. The van der Waals surface area contributed by atoms with Gasteiger partial charge in [0.25, 0.3) is 0 Å².